The molecule has 6 heteroatoms. The Bertz CT molecular complexity index is 634. The van der Waals surface area contributed by atoms with E-state index >= 15 is 0 Å². The highest BCUT2D eigenvalue weighted by molar-refractivity contribution is 7.15. The number of nitrogens with zero attached hydrogens (tertiary/aromatic N) is 3. The SMILES string of the molecule is COCCC(=O)N1CCCC[C@@H]1c1nc(C)n2ccsc12. The molecule has 2 aromatic heterocycles. The number of hydrogen-bond donors (Lipinski definition) is 0. The first-order valence-corrected chi connectivity index (χ1v) is 8.30. The summed E-state index contributed by atoms with van der Waals surface area (Å²) in [6, 6.07) is 0.116. The zero-order valence-electron chi connectivity index (χ0n) is 12.5. The Morgan fingerprint density at radius 2 is 2.38 bits per heavy atom. The normalized spacial score (nSPS) is 19.3. The number of aryl methyl sites for hydroxylation is 1. The Morgan fingerprint density at radius 3 is 3.19 bits per heavy atom. The predicted octanol–water partition coefficient (Wildman–Crippen LogP) is 2.79. The van der Waals surface area contributed by atoms with E-state index in [4.69, 9.17) is 9.72 Å². The van der Waals surface area contributed by atoms with Gasteiger partial charge in [0.25, 0.3) is 0 Å². The fourth-order valence-corrected chi connectivity index (χ4v) is 3.98. The lowest BCUT2D eigenvalue weighted by molar-refractivity contribution is -0.136. The molecule has 0 aromatic carbocycles. The van der Waals surface area contributed by atoms with Gasteiger partial charge in [0.2, 0.25) is 5.91 Å². The second kappa shape index (κ2) is 6.15. The molecule has 2 aromatic rings. The number of ether oxygens (including phenoxy) is 1. The summed E-state index contributed by atoms with van der Waals surface area (Å²) in [6.45, 7) is 3.33. The molecule has 0 saturated carbocycles. The summed E-state index contributed by atoms with van der Waals surface area (Å²) in [7, 11) is 1.63. The van der Waals surface area contributed by atoms with Crippen LogP contribution in [0.5, 0.6) is 0 Å². The Morgan fingerprint density at radius 1 is 1.52 bits per heavy atom. The number of amides is 1. The lowest BCUT2D eigenvalue weighted by Gasteiger charge is -2.35. The monoisotopic (exact) mass is 307 g/mol. The highest BCUT2D eigenvalue weighted by Gasteiger charge is 2.31. The molecular formula is C15H21N3O2S. The van der Waals surface area contributed by atoms with Crippen LogP contribution in [0, 0.1) is 6.92 Å². The third-order valence-electron chi connectivity index (χ3n) is 4.12. The molecule has 0 spiro atoms. The van der Waals surface area contributed by atoms with Crippen LogP contribution >= 0.6 is 11.3 Å². The Labute approximate surface area is 128 Å². The minimum atomic E-state index is 0.116. The summed E-state index contributed by atoms with van der Waals surface area (Å²) in [4.78, 5) is 20.3. The molecule has 0 bridgehead atoms. The Balaban J connectivity index is 1.90. The maximum absolute atomic E-state index is 12.4. The van der Waals surface area contributed by atoms with E-state index in [2.05, 4.69) is 9.78 Å². The molecular weight excluding hydrogens is 286 g/mol. The minimum absolute atomic E-state index is 0.116. The number of hydrogen-bond acceptors (Lipinski definition) is 4. The van der Waals surface area contributed by atoms with Gasteiger partial charge in [-0.1, -0.05) is 0 Å². The number of thiazole rings is 1. The smallest absolute Gasteiger partial charge is 0.225 e. The van der Waals surface area contributed by atoms with Crippen molar-refractivity contribution in [2.45, 2.75) is 38.6 Å². The summed E-state index contributed by atoms with van der Waals surface area (Å²) in [5.74, 6) is 1.17. The molecule has 21 heavy (non-hydrogen) atoms. The van der Waals surface area contributed by atoms with E-state index < -0.39 is 0 Å². The first-order chi connectivity index (χ1) is 10.2. The Kier molecular flexibility index (Phi) is 4.26. The van der Waals surface area contributed by atoms with Gasteiger partial charge < -0.3 is 9.64 Å². The number of rotatable bonds is 4. The minimum Gasteiger partial charge on any atom is -0.384 e. The van der Waals surface area contributed by atoms with Crippen LogP contribution in [0.25, 0.3) is 4.83 Å². The van der Waals surface area contributed by atoms with E-state index in [0.29, 0.717) is 13.0 Å². The van der Waals surface area contributed by atoms with E-state index in [-0.39, 0.29) is 11.9 Å². The number of piperidine rings is 1. The van der Waals surface area contributed by atoms with Gasteiger partial charge in [-0.15, -0.1) is 11.3 Å². The van der Waals surface area contributed by atoms with Gasteiger partial charge in [0.05, 0.1) is 24.8 Å². The third kappa shape index (κ3) is 2.70. The van der Waals surface area contributed by atoms with Gasteiger partial charge in [-0.05, 0) is 26.2 Å². The van der Waals surface area contributed by atoms with Gasteiger partial charge in [-0.2, -0.15) is 0 Å². The highest BCUT2D eigenvalue weighted by atomic mass is 32.1. The first-order valence-electron chi connectivity index (χ1n) is 7.43. The van der Waals surface area contributed by atoms with E-state index in [9.17, 15) is 4.79 Å². The van der Waals surface area contributed by atoms with Gasteiger partial charge in [-0.3, -0.25) is 9.20 Å². The summed E-state index contributed by atoms with van der Waals surface area (Å²) >= 11 is 1.70. The number of likely N-dealkylation sites (tertiary alicyclic amines) is 1. The number of carbonyl (C=O) groups is 1. The second-order valence-corrected chi connectivity index (χ2v) is 6.36. The highest BCUT2D eigenvalue weighted by Crippen LogP contribution is 2.35. The van der Waals surface area contributed by atoms with Crippen LogP contribution in [0.4, 0.5) is 0 Å². The van der Waals surface area contributed by atoms with Gasteiger partial charge >= 0.3 is 0 Å². The van der Waals surface area contributed by atoms with Crippen molar-refractivity contribution in [3.8, 4) is 0 Å². The quantitative estimate of drug-likeness (QED) is 0.872. The van der Waals surface area contributed by atoms with Crippen molar-refractivity contribution in [3.63, 3.8) is 0 Å². The van der Waals surface area contributed by atoms with Gasteiger partial charge in [0.15, 0.2) is 0 Å². The van der Waals surface area contributed by atoms with Crippen LogP contribution in [-0.2, 0) is 9.53 Å². The molecule has 1 saturated heterocycles. The third-order valence-corrected chi connectivity index (χ3v) is 5.00. The number of fused-ring (bicyclic) bond motifs is 1. The molecule has 114 valence electrons. The van der Waals surface area contributed by atoms with Crippen molar-refractivity contribution >= 4 is 22.1 Å². The molecule has 3 rings (SSSR count). The van der Waals surface area contributed by atoms with Crippen molar-refractivity contribution in [1.82, 2.24) is 14.3 Å². The maximum Gasteiger partial charge on any atom is 0.225 e. The summed E-state index contributed by atoms with van der Waals surface area (Å²) < 4.78 is 7.16. The van der Waals surface area contributed by atoms with Crippen LogP contribution in [0.15, 0.2) is 11.6 Å². The van der Waals surface area contributed by atoms with Crippen LogP contribution < -0.4 is 0 Å². The van der Waals surface area contributed by atoms with E-state index in [1.807, 2.05) is 18.0 Å². The standard InChI is InChI=1S/C15H21N3O2S/c1-11-16-14(15-17(11)8-10-21-15)12-5-3-4-7-18(12)13(19)6-9-20-2/h8,10,12H,3-7,9H2,1-2H3/t12-/m1/s1. The average molecular weight is 307 g/mol. The van der Waals surface area contributed by atoms with Crippen molar-refractivity contribution in [1.29, 1.82) is 0 Å². The van der Waals surface area contributed by atoms with Crippen molar-refractivity contribution < 1.29 is 9.53 Å². The van der Waals surface area contributed by atoms with E-state index in [1.54, 1.807) is 18.4 Å². The molecule has 0 aliphatic carbocycles. The van der Waals surface area contributed by atoms with Crippen LogP contribution in [0.1, 0.15) is 43.2 Å². The van der Waals surface area contributed by atoms with E-state index in [1.165, 1.54) is 4.83 Å². The van der Waals surface area contributed by atoms with Crippen LogP contribution in [0.3, 0.4) is 0 Å². The van der Waals surface area contributed by atoms with Crippen LogP contribution in [0.2, 0.25) is 0 Å². The van der Waals surface area contributed by atoms with Crippen molar-refractivity contribution in [2.24, 2.45) is 0 Å². The lowest BCUT2D eigenvalue weighted by Crippen LogP contribution is -2.39. The second-order valence-electron chi connectivity index (χ2n) is 5.46. The molecule has 1 amide bonds. The summed E-state index contributed by atoms with van der Waals surface area (Å²) in [6.07, 6.45) is 5.74. The zero-order chi connectivity index (χ0) is 14.8. The molecule has 0 radical (unpaired) electrons. The zero-order valence-corrected chi connectivity index (χ0v) is 13.4. The predicted molar refractivity (Wildman–Crippen MR) is 82.6 cm³/mol. The fourth-order valence-electron chi connectivity index (χ4n) is 3.06. The largest absolute Gasteiger partial charge is 0.384 e. The number of imidazole rings is 1. The molecule has 0 unspecified atom stereocenters. The van der Waals surface area contributed by atoms with Gasteiger partial charge in [-0.25, -0.2) is 4.98 Å². The molecule has 1 fully saturated rings. The molecule has 3 heterocycles. The number of methoxy groups -OCH3 is 1. The number of carbonyl (C=O) groups excluding carboxylic acids is 1. The molecule has 1 aliphatic heterocycles. The fraction of sp³-hybridized carbons (Fsp3) is 0.600. The number of aromatic nitrogens is 2. The molecule has 0 N–H and O–H groups in total. The van der Waals surface area contributed by atoms with Crippen molar-refractivity contribution in [3.05, 3.63) is 23.1 Å². The Hall–Kier alpha value is -1.40. The molecule has 1 atom stereocenters. The van der Waals surface area contributed by atoms with E-state index in [0.717, 1.165) is 37.3 Å². The lowest BCUT2D eigenvalue weighted by atomic mass is 9.99. The topological polar surface area (TPSA) is 46.8 Å². The van der Waals surface area contributed by atoms with Crippen molar-refractivity contribution in [2.75, 3.05) is 20.3 Å². The summed E-state index contributed by atoms with van der Waals surface area (Å²) in [5, 5.41) is 2.08. The van der Waals surface area contributed by atoms with Crippen LogP contribution in [-0.4, -0.2) is 40.5 Å². The summed E-state index contributed by atoms with van der Waals surface area (Å²) in [5.41, 5.74) is 1.06. The molecule has 5 nitrogen and oxygen atoms in total. The molecule has 1 aliphatic rings. The van der Waals surface area contributed by atoms with Gasteiger partial charge in [0.1, 0.15) is 10.7 Å². The maximum atomic E-state index is 12.4. The first kappa shape index (κ1) is 14.5. The average Bonchev–Trinajstić information content (AvgIpc) is 3.09. The van der Waals surface area contributed by atoms with Gasteiger partial charge in [0, 0.05) is 25.2 Å².